The predicted molar refractivity (Wildman–Crippen MR) is 49.7 cm³/mol. The van der Waals surface area contributed by atoms with Gasteiger partial charge >= 0.3 is 11.2 Å². The smallest absolute Gasteiger partial charge is 0.410 e. The highest BCUT2D eigenvalue weighted by molar-refractivity contribution is 7.87. The Morgan fingerprint density at radius 3 is 2.19 bits per heavy atom. The average molecular weight is 256 g/mol. The van der Waals surface area contributed by atoms with Gasteiger partial charge in [-0.1, -0.05) is 19.3 Å². The quantitative estimate of drug-likeness (QED) is 0.748. The van der Waals surface area contributed by atoms with Crippen LogP contribution >= 0.6 is 0 Å². The van der Waals surface area contributed by atoms with E-state index in [4.69, 9.17) is 0 Å². The minimum atomic E-state index is -5.95. The van der Waals surface area contributed by atoms with Crippen molar-refractivity contribution in [1.29, 1.82) is 0 Å². The second kappa shape index (κ2) is 4.62. The molecule has 94 valence electrons. The maximum absolute atomic E-state index is 12.8. The Bertz CT molecular complexity index is 362. The summed E-state index contributed by atoms with van der Waals surface area (Å²) in [6.45, 7) is 0. The minimum absolute atomic E-state index is 0.464. The van der Waals surface area contributed by atoms with Crippen molar-refractivity contribution in [1.82, 2.24) is 5.32 Å². The number of halogens is 2. The van der Waals surface area contributed by atoms with Crippen molar-refractivity contribution in [3.05, 3.63) is 0 Å². The number of rotatable bonds is 3. The minimum Gasteiger partial charge on any atom is -0.743 e. The van der Waals surface area contributed by atoms with Gasteiger partial charge in [-0.2, -0.15) is 8.78 Å². The van der Waals surface area contributed by atoms with Gasteiger partial charge < -0.3 is 9.87 Å². The number of hydrogen-bond acceptors (Lipinski definition) is 4. The topological polar surface area (TPSA) is 86.3 Å². The Kier molecular flexibility index (Phi) is 3.84. The molecule has 0 saturated heterocycles. The number of amides is 1. The van der Waals surface area contributed by atoms with Gasteiger partial charge in [0, 0.05) is 6.04 Å². The van der Waals surface area contributed by atoms with E-state index in [1.165, 1.54) is 0 Å². The van der Waals surface area contributed by atoms with Crippen LogP contribution in [0.1, 0.15) is 32.1 Å². The SMILES string of the molecule is O=C(NC1CCCCC1)C(F)(F)S(=O)(=O)[O-]. The molecule has 0 atom stereocenters. The fourth-order valence-electron chi connectivity index (χ4n) is 1.63. The van der Waals surface area contributed by atoms with E-state index in [0.717, 1.165) is 19.3 Å². The highest BCUT2D eigenvalue weighted by atomic mass is 32.2. The van der Waals surface area contributed by atoms with Gasteiger partial charge in [-0.15, -0.1) is 0 Å². The predicted octanol–water partition coefficient (Wildman–Crippen LogP) is 0.573. The van der Waals surface area contributed by atoms with E-state index in [9.17, 15) is 26.5 Å². The molecule has 1 fully saturated rings. The lowest BCUT2D eigenvalue weighted by molar-refractivity contribution is -0.137. The number of nitrogens with one attached hydrogen (secondary N) is 1. The first-order chi connectivity index (χ1) is 7.25. The highest BCUT2D eigenvalue weighted by Gasteiger charge is 2.47. The fourth-order valence-corrected chi connectivity index (χ4v) is 1.92. The molecule has 0 radical (unpaired) electrons. The molecular weight excluding hydrogens is 244 g/mol. The first-order valence-electron chi connectivity index (χ1n) is 4.89. The summed E-state index contributed by atoms with van der Waals surface area (Å²) >= 11 is 0. The number of hydrogen-bond donors (Lipinski definition) is 1. The Balaban J connectivity index is 2.64. The maximum Gasteiger partial charge on any atom is 0.410 e. The van der Waals surface area contributed by atoms with Gasteiger partial charge in [-0.25, -0.2) is 8.42 Å². The van der Waals surface area contributed by atoms with Crippen molar-refractivity contribution >= 4 is 16.0 Å². The van der Waals surface area contributed by atoms with Crippen LogP contribution in [0.25, 0.3) is 0 Å². The lowest BCUT2D eigenvalue weighted by Crippen LogP contribution is -2.49. The van der Waals surface area contributed by atoms with E-state index in [2.05, 4.69) is 0 Å². The van der Waals surface area contributed by atoms with Crippen LogP contribution in [0.15, 0.2) is 0 Å². The molecule has 8 heteroatoms. The van der Waals surface area contributed by atoms with Crippen molar-refractivity contribution in [3.63, 3.8) is 0 Å². The third kappa shape index (κ3) is 2.88. The Labute approximate surface area is 92.0 Å². The highest BCUT2D eigenvalue weighted by Crippen LogP contribution is 2.23. The summed E-state index contributed by atoms with van der Waals surface area (Å²) in [5, 5.41) is -2.99. The zero-order chi connectivity index (χ0) is 12.4. The van der Waals surface area contributed by atoms with Gasteiger partial charge in [0.1, 0.15) is 0 Å². The van der Waals surface area contributed by atoms with Gasteiger partial charge in [-0.05, 0) is 12.8 Å². The second-order valence-electron chi connectivity index (χ2n) is 3.78. The second-order valence-corrected chi connectivity index (χ2v) is 5.20. The van der Waals surface area contributed by atoms with Crippen molar-refractivity contribution in [2.75, 3.05) is 0 Å². The molecule has 1 rings (SSSR count). The van der Waals surface area contributed by atoms with E-state index in [-0.39, 0.29) is 0 Å². The van der Waals surface area contributed by atoms with Crippen LogP contribution in [0.4, 0.5) is 8.78 Å². The molecule has 1 amide bonds. The van der Waals surface area contributed by atoms with Crippen molar-refractivity contribution < 1.29 is 26.5 Å². The van der Waals surface area contributed by atoms with Crippen molar-refractivity contribution in [3.8, 4) is 0 Å². The van der Waals surface area contributed by atoms with Gasteiger partial charge in [0.25, 0.3) is 0 Å². The van der Waals surface area contributed by atoms with E-state index >= 15 is 0 Å². The summed E-state index contributed by atoms with van der Waals surface area (Å²) in [5.41, 5.74) is 0. The molecule has 0 unspecified atom stereocenters. The number of carbonyl (C=O) groups is 1. The molecule has 0 aromatic heterocycles. The van der Waals surface area contributed by atoms with Crippen LogP contribution in [-0.4, -0.2) is 30.2 Å². The van der Waals surface area contributed by atoms with Crippen molar-refractivity contribution in [2.45, 2.75) is 43.4 Å². The summed E-state index contributed by atoms with van der Waals surface area (Å²) < 4.78 is 56.0. The van der Waals surface area contributed by atoms with Crippen molar-refractivity contribution in [2.24, 2.45) is 0 Å². The van der Waals surface area contributed by atoms with E-state index in [1.54, 1.807) is 0 Å². The molecule has 1 saturated carbocycles. The Morgan fingerprint density at radius 1 is 1.25 bits per heavy atom. The number of carbonyl (C=O) groups excluding carboxylic acids is 1. The first-order valence-corrected chi connectivity index (χ1v) is 6.30. The monoisotopic (exact) mass is 256 g/mol. The lowest BCUT2D eigenvalue weighted by atomic mass is 9.95. The summed E-state index contributed by atoms with van der Waals surface area (Å²) in [6.07, 6.45) is 3.60. The average Bonchev–Trinajstić information content (AvgIpc) is 2.17. The first kappa shape index (κ1) is 13.3. The van der Waals surface area contributed by atoms with E-state index in [1.807, 2.05) is 5.32 Å². The van der Waals surface area contributed by atoms with Crippen LogP contribution in [0, 0.1) is 0 Å². The molecule has 0 aromatic rings. The molecule has 1 N–H and O–H groups in total. The van der Waals surface area contributed by atoms with Gasteiger partial charge in [-0.3, -0.25) is 4.79 Å². The molecule has 0 spiro atoms. The number of alkyl halides is 2. The van der Waals surface area contributed by atoms with Crippen LogP contribution in [0.2, 0.25) is 0 Å². The molecule has 0 aromatic carbocycles. The molecule has 0 bridgehead atoms. The van der Waals surface area contributed by atoms with Gasteiger partial charge in [0.2, 0.25) is 0 Å². The molecule has 1 aliphatic rings. The molecule has 1 aliphatic carbocycles. The molecular formula is C8H12F2NO4S-. The normalized spacial score (nSPS) is 19.4. The van der Waals surface area contributed by atoms with E-state index in [0.29, 0.717) is 12.8 Å². The van der Waals surface area contributed by atoms with Crippen LogP contribution in [0.3, 0.4) is 0 Å². The summed E-state index contributed by atoms with van der Waals surface area (Å²) in [6, 6.07) is -0.464. The summed E-state index contributed by atoms with van der Waals surface area (Å²) in [7, 11) is -5.95. The fraction of sp³-hybridized carbons (Fsp3) is 0.875. The van der Waals surface area contributed by atoms with Crippen LogP contribution < -0.4 is 5.32 Å². The zero-order valence-electron chi connectivity index (χ0n) is 8.41. The molecule has 0 heterocycles. The summed E-state index contributed by atoms with van der Waals surface area (Å²) in [5.74, 6) is -2.02. The Morgan fingerprint density at radius 2 is 1.75 bits per heavy atom. The third-order valence-corrected chi connectivity index (χ3v) is 3.33. The lowest BCUT2D eigenvalue weighted by Gasteiger charge is -2.26. The molecule has 16 heavy (non-hydrogen) atoms. The van der Waals surface area contributed by atoms with Crippen LogP contribution in [-0.2, 0) is 14.9 Å². The Hall–Kier alpha value is -0.760. The van der Waals surface area contributed by atoms with Crippen LogP contribution in [0.5, 0.6) is 0 Å². The maximum atomic E-state index is 12.8. The summed E-state index contributed by atoms with van der Waals surface area (Å²) in [4.78, 5) is 10.9. The third-order valence-electron chi connectivity index (χ3n) is 2.52. The largest absolute Gasteiger partial charge is 0.743 e. The van der Waals surface area contributed by atoms with E-state index < -0.39 is 27.3 Å². The molecule has 5 nitrogen and oxygen atoms in total. The molecule has 0 aliphatic heterocycles. The zero-order valence-corrected chi connectivity index (χ0v) is 9.23. The van der Waals surface area contributed by atoms with Gasteiger partial charge in [0.05, 0.1) is 0 Å². The van der Waals surface area contributed by atoms with Gasteiger partial charge in [0.15, 0.2) is 10.1 Å². The standard InChI is InChI=1S/C8H13F2NO4S/c9-8(10,16(13,14)15)7(12)11-6-4-2-1-3-5-6/h6H,1-5H2,(H,11,12)(H,13,14,15)/p-1.